The summed E-state index contributed by atoms with van der Waals surface area (Å²) in [5.41, 5.74) is 0. The summed E-state index contributed by atoms with van der Waals surface area (Å²) in [5.74, 6) is 0. The van der Waals surface area contributed by atoms with Crippen molar-refractivity contribution < 1.29 is 4.43 Å². The van der Waals surface area contributed by atoms with Gasteiger partial charge in [-0.1, -0.05) is 89.7 Å². The molecule has 0 unspecified atom stereocenters. The summed E-state index contributed by atoms with van der Waals surface area (Å²) in [4.78, 5) is 0. The summed E-state index contributed by atoms with van der Waals surface area (Å²) in [7, 11) is -1.50. The van der Waals surface area contributed by atoms with Crippen molar-refractivity contribution >= 4 is 42.0 Å². The largest absolute Gasteiger partial charge is 0.411 e. The fraction of sp³-hybridized carbons (Fsp3) is 0.294. The van der Waals surface area contributed by atoms with Crippen molar-refractivity contribution in [2.75, 3.05) is 11.0 Å². The van der Waals surface area contributed by atoms with Crippen molar-refractivity contribution in [2.24, 2.45) is 0 Å². The van der Waals surface area contributed by atoms with E-state index in [2.05, 4.69) is 83.3 Å². The Bertz CT molecular complexity index is 435. The maximum absolute atomic E-state index is 6.30. The van der Waals surface area contributed by atoms with E-state index in [1.165, 1.54) is 34.1 Å². The summed E-state index contributed by atoms with van der Waals surface area (Å²) >= 11 is 2.44. The van der Waals surface area contributed by atoms with Gasteiger partial charge in [-0.2, -0.15) is 0 Å². The van der Waals surface area contributed by atoms with Crippen LogP contribution in [0.5, 0.6) is 0 Å². The van der Waals surface area contributed by atoms with Crippen molar-refractivity contribution in [3.05, 3.63) is 60.7 Å². The number of unbranched alkanes of at least 4 members (excludes halogenated alkanes) is 2. The molecule has 0 aliphatic carbocycles. The zero-order chi connectivity index (χ0) is 14.0. The van der Waals surface area contributed by atoms with Gasteiger partial charge in [-0.25, -0.2) is 0 Å². The van der Waals surface area contributed by atoms with Crippen molar-refractivity contribution in [3.63, 3.8) is 0 Å². The average molecular weight is 396 g/mol. The quantitative estimate of drug-likeness (QED) is 0.288. The predicted octanol–water partition coefficient (Wildman–Crippen LogP) is 3.15. The molecule has 0 saturated heterocycles. The van der Waals surface area contributed by atoms with E-state index in [4.69, 9.17) is 4.43 Å². The molecule has 2 rings (SSSR count). The van der Waals surface area contributed by atoms with Crippen LogP contribution < -0.4 is 10.4 Å². The van der Waals surface area contributed by atoms with Gasteiger partial charge in [-0.3, -0.25) is 0 Å². The third-order valence-electron chi connectivity index (χ3n) is 3.27. The molecule has 0 fully saturated rings. The van der Waals surface area contributed by atoms with Crippen molar-refractivity contribution in [3.8, 4) is 0 Å². The summed E-state index contributed by atoms with van der Waals surface area (Å²) in [6, 6.07) is 21.4. The lowest BCUT2D eigenvalue weighted by atomic mass is 10.3. The molecular weight excluding hydrogens is 375 g/mol. The predicted molar refractivity (Wildman–Crippen MR) is 98.0 cm³/mol. The van der Waals surface area contributed by atoms with Gasteiger partial charge in [0.1, 0.15) is 0 Å². The average Bonchev–Trinajstić information content (AvgIpc) is 2.53. The highest BCUT2D eigenvalue weighted by atomic mass is 127. The van der Waals surface area contributed by atoms with Crippen molar-refractivity contribution in [2.45, 2.75) is 19.3 Å². The minimum absolute atomic E-state index is 0.886. The number of rotatable bonds is 8. The van der Waals surface area contributed by atoms with Gasteiger partial charge in [0.25, 0.3) is 0 Å². The van der Waals surface area contributed by atoms with Crippen LogP contribution in [-0.4, -0.2) is 20.1 Å². The lowest BCUT2D eigenvalue weighted by Gasteiger charge is -2.17. The molecule has 0 aliphatic heterocycles. The number of alkyl halides is 1. The van der Waals surface area contributed by atoms with Gasteiger partial charge in [0.2, 0.25) is 9.04 Å². The van der Waals surface area contributed by atoms with Crippen LogP contribution in [0.15, 0.2) is 60.7 Å². The highest BCUT2D eigenvalue weighted by molar-refractivity contribution is 14.1. The van der Waals surface area contributed by atoms with E-state index in [1.807, 2.05) is 0 Å². The van der Waals surface area contributed by atoms with Gasteiger partial charge in [-0.05, 0) is 27.6 Å². The molecule has 2 aromatic rings. The zero-order valence-corrected chi connectivity index (χ0v) is 15.0. The lowest BCUT2D eigenvalue weighted by molar-refractivity contribution is 0.320. The Hall–Kier alpha value is -0.653. The summed E-state index contributed by atoms with van der Waals surface area (Å²) in [6.07, 6.45) is 3.74. The Morgan fingerprint density at radius 1 is 0.750 bits per heavy atom. The molecule has 20 heavy (non-hydrogen) atoms. The van der Waals surface area contributed by atoms with Crippen LogP contribution in [0.3, 0.4) is 0 Å². The highest BCUT2D eigenvalue weighted by Crippen LogP contribution is 2.01. The number of hydrogen-bond donors (Lipinski definition) is 0. The third kappa shape index (κ3) is 5.03. The minimum atomic E-state index is -1.50. The van der Waals surface area contributed by atoms with Crippen LogP contribution in [0.2, 0.25) is 0 Å². The van der Waals surface area contributed by atoms with E-state index in [1.54, 1.807) is 0 Å². The topological polar surface area (TPSA) is 9.23 Å². The van der Waals surface area contributed by atoms with Crippen LogP contribution in [0.4, 0.5) is 0 Å². The molecule has 106 valence electrons. The van der Waals surface area contributed by atoms with Gasteiger partial charge in [-0.15, -0.1) is 0 Å². The Balaban J connectivity index is 2.02. The van der Waals surface area contributed by atoms with Crippen LogP contribution in [-0.2, 0) is 4.43 Å². The molecule has 0 amide bonds. The van der Waals surface area contributed by atoms with Crippen molar-refractivity contribution in [1.82, 2.24) is 0 Å². The second kappa shape index (κ2) is 9.31. The Kier molecular flexibility index (Phi) is 7.33. The number of halogens is 1. The molecule has 0 aromatic heterocycles. The molecule has 0 N–H and O–H groups in total. The smallest absolute Gasteiger partial charge is 0.239 e. The first-order chi connectivity index (χ1) is 9.92. The van der Waals surface area contributed by atoms with Gasteiger partial charge in [0, 0.05) is 6.61 Å². The van der Waals surface area contributed by atoms with Crippen LogP contribution >= 0.6 is 22.6 Å². The third-order valence-corrected chi connectivity index (χ3v) is 6.58. The van der Waals surface area contributed by atoms with E-state index >= 15 is 0 Å². The molecule has 0 saturated carbocycles. The lowest BCUT2D eigenvalue weighted by Crippen LogP contribution is -2.45. The van der Waals surface area contributed by atoms with E-state index in [0.717, 1.165) is 6.61 Å². The standard InChI is InChI=1S/C17H21IOSi/c18-14-8-3-9-15-19-20(16-10-4-1-5-11-16)17-12-6-2-7-13-17/h1-2,4-7,10-13,20H,3,8-9,14-15H2. The van der Waals surface area contributed by atoms with E-state index < -0.39 is 9.04 Å². The molecule has 0 bridgehead atoms. The molecule has 0 atom stereocenters. The van der Waals surface area contributed by atoms with Crippen molar-refractivity contribution in [1.29, 1.82) is 0 Å². The Morgan fingerprint density at radius 3 is 1.80 bits per heavy atom. The van der Waals surface area contributed by atoms with E-state index in [0.29, 0.717) is 0 Å². The van der Waals surface area contributed by atoms with E-state index in [9.17, 15) is 0 Å². The first-order valence-corrected chi connectivity index (χ1v) is 10.3. The molecular formula is C17H21IOSi. The fourth-order valence-corrected chi connectivity index (χ4v) is 5.07. The first-order valence-electron chi connectivity index (χ1n) is 7.19. The summed E-state index contributed by atoms with van der Waals surface area (Å²) in [6.45, 7) is 0.886. The first kappa shape index (κ1) is 15.7. The van der Waals surface area contributed by atoms with Crippen LogP contribution in [0, 0.1) is 0 Å². The fourth-order valence-electron chi connectivity index (χ4n) is 2.22. The normalized spacial score (nSPS) is 10.9. The second-order valence-corrected chi connectivity index (χ2v) is 8.33. The zero-order valence-electron chi connectivity index (χ0n) is 11.7. The summed E-state index contributed by atoms with van der Waals surface area (Å²) in [5, 5.41) is 2.74. The van der Waals surface area contributed by atoms with Gasteiger partial charge in [0.15, 0.2) is 0 Å². The number of hydrogen-bond acceptors (Lipinski definition) is 1. The Labute approximate surface area is 137 Å². The van der Waals surface area contributed by atoms with E-state index in [-0.39, 0.29) is 0 Å². The number of benzene rings is 2. The molecule has 3 heteroatoms. The van der Waals surface area contributed by atoms with Crippen LogP contribution in [0.1, 0.15) is 19.3 Å². The molecule has 0 radical (unpaired) electrons. The molecule has 1 nitrogen and oxygen atoms in total. The summed E-state index contributed by atoms with van der Waals surface area (Å²) < 4.78 is 7.54. The maximum Gasteiger partial charge on any atom is 0.239 e. The van der Waals surface area contributed by atoms with Gasteiger partial charge in [0.05, 0.1) is 0 Å². The SMILES string of the molecule is ICCCCCO[SiH](c1ccccc1)c1ccccc1. The molecule has 0 aliphatic rings. The molecule has 0 spiro atoms. The second-order valence-electron chi connectivity index (χ2n) is 4.82. The monoisotopic (exact) mass is 396 g/mol. The van der Waals surface area contributed by atoms with Crippen LogP contribution in [0.25, 0.3) is 0 Å². The molecule has 2 aromatic carbocycles. The minimum Gasteiger partial charge on any atom is -0.411 e. The highest BCUT2D eigenvalue weighted by Gasteiger charge is 2.16. The maximum atomic E-state index is 6.30. The Morgan fingerprint density at radius 2 is 1.30 bits per heavy atom. The molecule has 0 heterocycles. The van der Waals surface area contributed by atoms with Gasteiger partial charge >= 0.3 is 0 Å². The van der Waals surface area contributed by atoms with Gasteiger partial charge < -0.3 is 4.43 Å².